The number of hydrogen-bond donors (Lipinski definition) is 0. The molecule has 0 saturated heterocycles. The van der Waals surface area contributed by atoms with Crippen molar-refractivity contribution in [1.29, 1.82) is 0 Å². The highest BCUT2D eigenvalue weighted by Crippen LogP contribution is 2.29. The van der Waals surface area contributed by atoms with Crippen molar-refractivity contribution in [3.05, 3.63) is 0 Å². The topological polar surface area (TPSA) is 18.5 Å². The summed E-state index contributed by atoms with van der Waals surface area (Å²) in [5.41, 5.74) is 0. The molecule has 0 rings (SSSR count). The van der Waals surface area contributed by atoms with Crippen LogP contribution in [0.4, 0.5) is 0 Å². The van der Waals surface area contributed by atoms with E-state index in [0.29, 0.717) is 12.2 Å². The molecule has 0 aromatic rings. The van der Waals surface area contributed by atoms with Gasteiger partial charge in [0.15, 0.2) is 0 Å². The molecule has 3 heteroatoms. The van der Waals surface area contributed by atoms with Crippen molar-refractivity contribution in [2.45, 2.75) is 137 Å². The number of hydrogen-bond acceptors (Lipinski definition) is 2. The van der Waals surface area contributed by atoms with Crippen LogP contribution in [0.3, 0.4) is 0 Å². The number of rotatable bonds is 23. The third-order valence-corrected chi connectivity index (χ3v) is 6.92. The van der Waals surface area contributed by atoms with E-state index < -0.39 is 0 Å². The fourth-order valence-electron chi connectivity index (χ4n) is 5.50. The Hall–Kier alpha value is 0.210. The first-order chi connectivity index (χ1) is 15.2. The second-order valence-electron chi connectivity index (χ2n) is 11.3. The highest BCUT2D eigenvalue weighted by Gasteiger charge is 2.17. The normalized spacial score (nSPS) is 17.6. The maximum absolute atomic E-state index is 6.16. The van der Waals surface area contributed by atoms with Crippen LogP contribution in [0.1, 0.15) is 132 Å². The summed E-state index contributed by atoms with van der Waals surface area (Å²) in [7, 11) is 0. The smallest absolute Gasteiger partial charge is 0.146 e. The zero-order valence-electron chi connectivity index (χ0n) is 23.0. The largest absolute Gasteiger partial charge is 0.355 e. The van der Waals surface area contributed by atoms with E-state index in [1.807, 2.05) is 0 Å². The van der Waals surface area contributed by atoms with Crippen molar-refractivity contribution in [2.75, 3.05) is 20.0 Å². The third kappa shape index (κ3) is 22.0. The quantitative estimate of drug-likeness (QED) is 0.0832. The summed E-state index contributed by atoms with van der Waals surface area (Å²) in [6.45, 7) is 18.6. The number of ether oxygens (including phenoxy) is 2. The first-order valence-electron chi connectivity index (χ1n) is 14.0. The molecular weight excluding hydrogens is 416 g/mol. The fourth-order valence-corrected chi connectivity index (χ4v) is 5.80. The maximum Gasteiger partial charge on any atom is 0.146 e. The standard InChI is InChI=1S/C29H59ClO2/c1-8-9-10-11-12-13-16-31-23-32-17-14-15-24(2)18-25(3)19-26(4)20-27(5)21-28(6)22-29(7)30/h24-29H,8-23H2,1-7H3. The Bertz CT molecular complexity index is 387. The molecule has 0 spiro atoms. The average Bonchev–Trinajstić information content (AvgIpc) is 2.67. The van der Waals surface area contributed by atoms with Crippen LogP contribution in [0.25, 0.3) is 0 Å². The Kier molecular flexibility index (Phi) is 21.9. The van der Waals surface area contributed by atoms with Crippen molar-refractivity contribution >= 4 is 11.6 Å². The number of halogens is 1. The van der Waals surface area contributed by atoms with E-state index in [1.54, 1.807) is 0 Å². The Labute approximate surface area is 207 Å². The lowest BCUT2D eigenvalue weighted by Gasteiger charge is -2.24. The molecule has 2 nitrogen and oxygen atoms in total. The predicted molar refractivity (Wildman–Crippen MR) is 144 cm³/mol. The van der Waals surface area contributed by atoms with Crippen molar-refractivity contribution < 1.29 is 9.47 Å². The van der Waals surface area contributed by atoms with Gasteiger partial charge in [0, 0.05) is 18.6 Å². The zero-order valence-corrected chi connectivity index (χ0v) is 23.7. The molecule has 0 radical (unpaired) electrons. The van der Waals surface area contributed by atoms with Gasteiger partial charge in [-0.15, -0.1) is 11.6 Å². The van der Waals surface area contributed by atoms with Gasteiger partial charge >= 0.3 is 0 Å². The van der Waals surface area contributed by atoms with E-state index in [4.69, 9.17) is 21.1 Å². The minimum Gasteiger partial charge on any atom is -0.355 e. The predicted octanol–water partition coefficient (Wildman–Crippen LogP) is 9.88. The summed E-state index contributed by atoms with van der Waals surface area (Å²) in [6.07, 6.45) is 16.8. The van der Waals surface area contributed by atoms with Gasteiger partial charge in [-0.1, -0.05) is 73.6 Å². The van der Waals surface area contributed by atoms with Gasteiger partial charge in [0.1, 0.15) is 6.79 Å². The molecule has 0 aliphatic carbocycles. The lowest BCUT2D eigenvalue weighted by molar-refractivity contribution is -0.0561. The van der Waals surface area contributed by atoms with E-state index in [1.165, 1.54) is 70.6 Å². The van der Waals surface area contributed by atoms with Gasteiger partial charge in [-0.3, -0.25) is 0 Å². The second-order valence-corrected chi connectivity index (χ2v) is 12.1. The first kappa shape index (κ1) is 32.2. The van der Waals surface area contributed by atoms with Crippen LogP contribution in [0.2, 0.25) is 0 Å². The van der Waals surface area contributed by atoms with Gasteiger partial charge in [0.25, 0.3) is 0 Å². The molecule has 6 unspecified atom stereocenters. The van der Waals surface area contributed by atoms with E-state index in [2.05, 4.69) is 48.5 Å². The molecule has 194 valence electrons. The number of unbranched alkanes of at least 4 members (excludes halogenated alkanes) is 5. The summed E-state index contributed by atoms with van der Waals surface area (Å²) in [6, 6.07) is 0. The fraction of sp³-hybridized carbons (Fsp3) is 1.00. The molecule has 0 fully saturated rings. The van der Waals surface area contributed by atoms with Crippen molar-refractivity contribution in [3.63, 3.8) is 0 Å². The molecule has 0 aliphatic heterocycles. The molecule has 32 heavy (non-hydrogen) atoms. The summed E-state index contributed by atoms with van der Waals surface area (Å²) in [4.78, 5) is 0. The van der Waals surface area contributed by atoms with Gasteiger partial charge in [-0.25, -0.2) is 0 Å². The summed E-state index contributed by atoms with van der Waals surface area (Å²) in [5, 5.41) is 0.305. The summed E-state index contributed by atoms with van der Waals surface area (Å²) < 4.78 is 11.3. The molecule has 0 bridgehead atoms. The van der Waals surface area contributed by atoms with Crippen LogP contribution in [0.5, 0.6) is 0 Å². The average molecular weight is 475 g/mol. The molecule has 6 atom stereocenters. The lowest BCUT2D eigenvalue weighted by Crippen LogP contribution is -2.13. The summed E-state index contributed by atoms with van der Waals surface area (Å²) >= 11 is 6.16. The molecule has 0 saturated carbocycles. The van der Waals surface area contributed by atoms with E-state index >= 15 is 0 Å². The van der Waals surface area contributed by atoms with Crippen LogP contribution < -0.4 is 0 Å². The molecule has 0 aromatic carbocycles. The second kappa shape index (κ2) is 21.7. The number of alkyl halides is 1. The van der Waals surface area contributed by atoms with Gasteiger partial charge in [0.2, 0.25) is 0 Å². The van der Waals surface area contributed by atoms with Gasteiger partial charge in [-0.05, 0) is 87.9 Å². The lowest BCUT2D eigenvalue weighted by atomic mass is 9.82. The Morgan fingerprint density at radius 2 is 0.969 bits per heavy atom. The molecule has 0 N–H and O–H groups in total. The molecule has 0 aliphatic rings. The van der Waals surface area contributed by atoms with Gasteiger partial charge in [-0.2, -0.15) is 0 Å². The van der Waals surface area contributed by atoms with Gasteiger partial charge < -0.3 is 9.47 Å². The Morgan fingerprint density at radius 3 is 1.50 bits per heavy atom. The van der Waals surface area contributed by atoms with Crippen molar-refractivity contribution in [1.82, 2.24) is 0 Å². The van der Waals surface area contributed by atoms with Crippen molar-refractivity contribution in [3.8, 4) is 0 Å². The van der Waals surface area contributed by atoms with Crippen molar-refractivity contribution in [2.24, 2.45) is 29.6 Å². The van der Waals surface area contributed by atoms with Crippen LogP contribution in [0.15, 0.2) is 0 Å². The first-order valence-corrected chi connectivity index (χ1v) is 14.5. The molecule has 0 aromatic heterocycles. The van der Waals surface area contributed by atoms with E-state index in [0.717, 1.165) is 55.6 Å². The van der Waals surface area contributed by atoms with Crippen LogP contribution >= 0.6 is 11.6 Å². The Balaban J connectivity index is 3.65. The molecular formula is C29H59ClO2. The monoisotopic (exact) mass is 474 g/mol. The minimum absolute atomic E-state index is 0.305. The third-order valence-electron chi connectivity index (χ3n) is 6.74. The Morgan fingerprint density at radius 1 is 0.531 bits per heavy atom. The summed E-state index contributed by atoms with van der Waals surface area (Å²) in [5.74, 6) is 3.97. The van der Waals surface area contributed by atoms with Gasteiger partial charge in [0.05, 0.1) is 0 Å². The minimum atomic E-state index is 0.305. The highest BCUT2D eigenvalue weighted by atomic mass is 35.5. The SMILES string of the molecule is CCCCCCCCOCOCCCC(C)CC(C)CC(C)CC(C)CC(C)CC(C)Cl. The molecule has 0 amide bonds. The van der Waals surface area contributed by atoms with Crippen LogP contribution in [-0.2, 0) is 9.47 Å². The maximum atomic E-state index is 6.16. The van der Waals surface area contributed by atoms with E-state index in [9.17, 15) is 0 Å². The van der Waals surface area contributed by atoms with Crippen LogP contribution in [0, 0.1) is 29.6 Å². The van der Waals surface area contributed by atoms with E-state index in [-0.39, 0.29) is 0 Å². The zero-order chi connectivity index (χ0) is 24.2. The highest BCUT2D eigenvalue weighted by molar-refractivity contribution is 6.20. The molecule has 0 heterocycles. The van der Waals surface area contributed by atoms with Crippen LogP contribution in [-0.4, -0.2) is 25.4 Å².